The number of rotatable bonds is 5. The minimum Gasteiger partial charge on any atom is -0.494 e. The molecule has 1 atom stereocenters. The van der Waals surface area contributed by atoms with Crippen molar-refractivity contribution in [2.24, 2.45) is 5.92 Å². The molecule has 2 amide bonds. The summed E-state index contributed by atoms with van der Waals surface area (Å²) in [5, 5.41) is 4.20. The first-order valence-corrected chi connectivity index (χ1v) is 9.60. The van der Waals surface area contributed by atoms with Crippen LogP contribution in [0.15, 0.2) is 30.5 Å². The normalized spacial score (nSPS) is 16.9. The molecule has 3 rings (SSSR count). The Morgan fingerprint density at radius 1 is 1.37 bits per heavy atom. The van der Waals surface area contributed by atoms with Crippen LogP contribution in [0.4, 0.5) is 4.79 Å². The number of carbonyl (C=O) groups is 1. The molecule has 6 heteroatoms. The number of hydrogen-bond donors (Lipinski definition) is 1. The van der Waals surface area contributed by atoms with Crippen molar-refractivity contribution in [1.82, 2.24) is 20.1 Å². The number of amides is 2. The standard InChI is InChI=1S/C21H30N4O2/c1-15(16-9-12-24(2)13-10-16)23-21(26)25(3)14-17-7-8-19(27-4)20-18(17)6-5-11-22-20/h5-8,11,15-16H,9-10,12-14H2,1-4H3,(H,23,26)/t15-/m0/s1. The molecule has 0 saturated carbocycles. The molecule has 1 aliphatic heterocycles. The number of hydrogen-bond acceptors (Lipinski definition) is 4. The molecule has 6 nitrogen and oxygen atoms in total. The maximum Gasteiger partial charge on any atom is 0.317 e. The van der Waals surface area contributed by atoms with Gasteiger partial charge in [-0.25, -0.2) is 4.79 Å². The third-order valence-electron chi connectivity index (χ3n) is 5.62. The second kappa shape index (κ2) is 8.57. The average molecular weight is 370 g/mol. The first kappa shape index (κ1) is 19.4. The van der Waals surface area contributed by atoms with E-state index in [2.05, 4.69) is 29.2 Å². The van der Waals surface area contributed by atoms with Crippen LogP contribution in [0.1, 0.15) is 25.3 Å². The SMILES string of the molecule is COc1ccc(CN(C)C(=O)N[C@@H](C)C2CCN(C)CC2)c2cccnc12. The fraction of sp³-hybridized carbons (Fsp3) is 0.524. The predicted molar refractivity (Wildman–Crippen MR) is 108 cm³/mol. The molecule has 1 aliphatic rings. The van der Waals surface area contributed by atoms with E-state index in [0.29, 0.717) is 12.5 Å². The van der Waals surface area contributed by atoms with Gasteiger partial charge in [0.25, 0.3) is 0 Å². The van der Waals surface area contributed by atoms with E-state index >= 15 is 0 Å². The minimum absolute atomic E-state index is 0.0331. The monoisotopic (exact) mass is 370 g/mol. The van der Waals surface area contributed by atoms with Gasteiger partial charge in [0, 0.05) is 31.2 Å². The van der Waals surface area contributed by atoms with Crippen LogP contribution in [0.2, 0.25) is 0 Å². The third kappa shape index (κ3) is 4.50. The lowest BCUT2D eigenvalue weighted by Crippen LogP contribution is -2.47. The highest BCUT2D eigenvalue weighted by atomic mass is 16.5. The van der Waals surface area contributed by atoms with Gasteiger partial charge in [0.1, 0.15) is 11.3 Å². The van der Waals surface area contributed by atoms with Gasteiger partial charge in [-0.15, -0.1) is 0 Å². The molecule has 2 aromatic rings. The number of nitrogens with zero attached hydrogens (tertiary/aromatic N) is 3. The molecule has 1 aromatic heterocycles. The van der Waals surface area contributed by atoms with Crippen LogP contribution in [-0.4, -0.2) is 61.2 Å². The fourth-order valence-corrected chi connectivity index (χ4v) is 3.79. The zero-order valence-electron chi connectivity index (χ0n) is 16.7. The lowest BCUT2D eigenvalue weighted by atomic mass is 9.90. The molecule has 1 fully saturated rings. The van der Waals surface area contributed by atoms with Gasteiger partial charge in [0.05, 0.1) is 7.11 Å². The molecular formula is C21H30N4O2. The smallest absolute Gasteiger partial charge is 0.317 e. The number of likely N-dealkylation sites (tertiary alicyclic amines) is 1. The van der Waals surface area contributed by atoms with E-state index in [1.54, 1.807) is 18.2 Å². The van der Waals surface area contributed by atoms with Gasteiger partial charge in [-0.2, -0.15) is 0 Å². The second-order valence-electron chi connectivity index (χ2n) is 7.56. The van der Waals surface area contributed by atoms with E-state index in [9.17, 15) is 4.79 Å². The third-order valence-corrected chi connectivity index (χ3v) is 5.62. The van der Waals surface area contributed by atoms with Crippen LogP contribution in [0.3, 0.4) is 0 Å². The van der Waals surface area contributed by atoms with Gasteiger partial charge >= 0.3 is 6.03 Å². The van der Waals surface area contributed by atoms with Crippen molar-refractivity contribution in [3.05, 3.63) is 36.0 Å². The number of piperidine rings is 1. The topological polar surface area (TPSA) is 57.7 Å². The lowest BCUT2D eigenvalue weighted by Gasteiger charge is -2.33. The summed E-state index contributed by atoms with van der Waals surface area (Å²) < 4.78 is 5.40. The van der Waals surface area contributed by atoms with Crippen molar-refractivity contribution >= 4 is 16.9 Å². The highest BCUT2D eigenvalue weighted by molar-refractivity contribution is 5.87. The molecule has 0 bridgehead atoms. The van der Waals surface area contributed by atoms with Gasteiger partial charge in [0.2, 0.25) is 0 Å². The van der Waals surface area contributed by atoms with Crippen molar-refractivity contribution in [1.29, 1.82) is 0 Å². The van der Waals surface area contributed by atoms with Crippen LogP contribution in [0.5, 0.6) is 5.75 Å². The molecule has 1 saturated heterocycles. The van der Waals surface area contributed by atoms with Crippen molar-refractivity contribution in [3.8, 4) is 5.75 Å². The van der Waals surface area contributed by atoms with Gasteiger partial charge in [-0.05, 0) is 63.5 Å². The van der Waals surface area contributed by atoms with Crippen LogP contribution < -0.4 is 10.1 Å². The molecule has 27 heavy (non-hydrogen) atoms. The number of methoxy groups -OCH3 is 1. The maximum atomic E-state index is 12.7. The Hall–Kier alpha value is -2.34. The first-order valence-electron chi connectivity index (χ1n) is 9.60. The highest BCUT2D eigenvalue weighted by Crippen LogP contribution is 2.27. The Bertz CT molecular complexity index is 787. The zero-order valence-corrected chi connectivity index (χ0v) is 16.7. The number of benzene rings is 1. The summed E-state index contributed by atoms with van der Waals surface area (Å²) in [6, 6.07) is 8.00. The van der Waals surface area contributed by atoms with Crippen molar-refractivity contribution in [2.45, 2.75) is 32.4 Å². The minimum atomic E-state index is -0.0331. The van der Waals surface area contributed by atoms with Gasteiger partial charge < -0.3 is 19.9 Å². The number of ether oxygens (including phenoxy) is 1. The molecule has 1 aromatic carbocycles. The van der Waals surface area contributed by atoms with Crippen LogP contribution in [0.25, 0.3) is 10.9 Å². The van der Waals surface area contributed by atoms with E-state index < -0.39 is 0 Å². The maximum absolute atomic E-state index is 12.7. The van der Waals surface area contributed by atoms with Crippen LogP contribution in [0, 0.1) is 5.92 Å². The van der Waals surface area contributed by atoms with Crippen LogP contribution >= 0.6 is 0 Å². The molecular weight excluding hydrogens is 340 g/mol. The summed E-state index contributed by atoms with van der Waals surface area (Å²) in [6.07, 6.45) is 4.03. The van der Waals surface area contributed by atoms with Crippen molar-refractivity contribution in [2.75, 3.05) is 34.3 Å². The Kier molecular flexibility index (Phi) is 6.16. The molecule has 146 valence electrons. The van der Waals surface area contributed by atoms with E-state index in [-0.39, 0.29) is 12.1 Å². The summed E-state index contributed by atoms with van der Waals surface area (Å²) >= 11 is 0. The average Bonchev–Trinajstić information content (AvgIpc) is 2.68. The largest absolute Gasteiger partial charge is 0.494 e. The molecule has 0 radical (unpaired) electrons. The van der Waals surface area contributed by atoms with E-state index in [0.717, 1.165) is 48.1 Å². The number of aromatic nitrogens is 1. The summed E-state index contributed by atoms with van der Waals surface area (Å²) in [4.78, 5) is 21.2. The Morgan fingerprint density at radius 2 is 2.11 bits per heavy atom. The summed E-state index contributed by atoms with van der Waals surface area (Å²) in [5.41, 5.74) is 1.88. The summed E-state index contributed by atoms with van der Waals surface area (Å²) in [5.74, 6) is 1.29. The molecule has 0 unspecified atom stereocenters. The summed E-state index contributed by atoms with van der Waals surface area (Å²) in [7, 11) is 5.64. The zero-order chi connectivity index (χ0) is 19.4. The van der Waals surface area contributed by atoms with Gasteiger partial charge in [0.15, 0.2) is 0 Å². The molecule has 2 heterocycles. The Morgan fingerprint density at radius 3 is 2.81 bits per heavy atom. The quantitative estimate of drug-likeness (QED) is 0.879. The number of fused-ring (bicyclic) bond motifs is 1. The number of nitrogens with one attached hydrogen (secondary N) is 1. The summed E-state index contributed by atoms with van der Waals surface area (Å²) in [6.45, 7) is 4.85. The highest BCUT2D eigenvalue weighted by Gasteiger charge is 2.24. The van der Waals surface area contributed by atoms with Crippen molar-refractivity contribution < 1.29 is 9.53 Å². The van der Waals surface area contributed by atoms with Gasteiger partial charge in [-0.3, -0.25) is 4.98 Å². The van der Waals surface area contributed by atoms with E-state index in [1.807, 2.05) is 31.3 Å². The van der Waals surface area contributed by atoms with Gasteiger partial charge in [-0.1, -0.05) is 12.1 Å². The number of pyridine rings is 1. The Balaban J connectivity index is 1.65. The molecule has 0 spiro atoms. The van der Waals surface area contributed by atoms with E-state index in [1.165, 1.54) is 0 Å². The molecule has 0 aliphatic carbocycles. The van der Waals surface area contributed by atoms with E-state index in [4.69, 9.17) is 4.74 Å². The fourth-order valence-electron chi connectivity index (χ4n) is 3.79. The molecule has 1 N–H and O–H groups in total. The first-order chi connectivity index (χ1) is 13.0. The predicted octanol–water partition coefficient (Wildman–Crippen LogP) is 3.12. The van der Waals surface area contributed by atoms with Crippen molar-refractivity contribution in [3.63, 3.8) is 0 Å². The Labute approximate surface area is 161 Å². The number of urea groups is 1. The lowest BCUT2D eigenvalue weighted by molar-refractivity contribution is 0.173. The number of carbonyl (C=O) groups excluding carboxylic acids is 1. The second-order valence-corrected chi connectivity index (χ2v) is 7.56. The van der Waals surface area contributed by atoms with Crippen LogP contribution in [-0.2, 0) is 6.54 Å².